The van der Waals surface area contributed by atoms with Gasteiger partial charge in [0.1, 0.15) is 12.3 Å². The summed E-state index contributed by atoms with van der Waals surface area (Å²) >= 11 is 0.387. The van der Waals surface area contributed by atoms with Crippen LogP contribution < -0.4 is 0 Å². The Bertz CT molecular complexity index is 283. The van der Waals surface area contributed by atoms with Crippen LogP contribution in [-0.2, 0) is 6.42 Å². The summed E-state index contributed by atoms with van der Waals surface area (Å²) in [5.74, 6) is 0.732. The molecule has 1 heterocycles. The highest BCUT2D eigenvalue weighted by molar-refractivity contribution is 7.91. The lowest BCUT2D eigenvalue weighted by Gasteiger charge is -2.28. The highest BCUT2D eigenvalue weighted by atomic mass is 32.2. The summed E-state index contributed by atoms with van der Waals surface area (Å²) < 4.78 is 14.1. The van der Waals surface area contributed by atoms with Gasteiger partial charge in [0.05, 0.1) is 0 Å². The van der Waals surface area contributed by atoms with Crippen LogP contribution in [0.25, 0.3) is 0 Å². The van der Waals surface area contributed by atoms with Crippen LogP contribution in [0.2, 0.25) is 0 Å². The fourth-order valence-corrected chi connectivity index (χ4v) is 2.48. The molecule has 0 amide bonds. The van der Waals surface area contributed by atoms with Crippen molar-refractivity contribution in [3.05, 3.63) is 35.9 Å². The lowest BCUT2D eigenvalue weighted by atomic mass is 9.91. The molecule has 0 atom stereocenters. The van der Waals surface area contributed by atoms with Crippen LogP contribution in [0.1, 0.15) is 18.4 Å². The largest absolute Gasteiger partial charge is 0.222 e. The van der Waals surface area contributed by atoms with Gasteiger partial charge in [-0.05, 0) is 30.7 Å². The summed E-state index contributed by atoms with van der Waals surface area (Å²) in [7, 11) is 0. The number of hydrogen-bond donors (Lipinski definition) is 0. The molecule has 3 heteroatoms. The molecule has 15 heavy (non-hydrogen) atoms. The van der Waals surface area contributed by atoms with E-state index in [0.29, 0.717) is 12.3 Å². The van der Waals surface area contributed by atoms with Crippen LogP contribution in [-0.4, -0.2) is 17.4 Å². The lowest BCUT2D eigenvalue weighted by Crippen LogP contribution is -2.28. The highest BCUT2D eigenvalue weighted by Crippen LogP contribution is 2.25. The number of halogens is 1. The molecule has 0 N–H and O–H groups in total. The Morgan fingerprint density at radius 2 is 1.87 bits per heavy atom. The maximum Gasteiger partial charge on any atom is 0.134 e. The first kappa shape index (κ1) is 11.0. The molecule has 0 aliphatic carbocycles. The van der Waals surface area contributed by atoms with E-state index in [0.717, 1.165) is 38.3 Å². The molecule has 0 unspecified atom stereocenters. The van der Waals surface area contributed by atoms with Crippen molar-refractivity contribution in [2.24, 2.45) is 5.92 Å². The first-order chi connectivity index (χ1) is 7.38. The Balaban J connectivity index is 1.82. The van der Waals surface area contributed by atoms with Crippen LogP contribution in [0.15, 0.2) is 30.3 Å². The van der Waals surface area contributed by atoms with Gasteiger partial charge in [-0.15, -0.1) is 3.89 Å². The van der Waals surface area contributed by atoms with Crippen LogP contribution in [0.5, 0.6) is 0 Å². The number of nitrogens with zero attached hydrogens (tertiary/aromatic N) is 1. The first-order valence-corrected chi connectivity index (χ1v) is 6.13. The number of hydrogen-bond acceptors (Lipinski definition) is 2. The minimum atomic E-state index is 0.387. The second-order valence-corrected chi connectivity index (χ2v) is 4.79. The smallest absolute Gasteiger partial charge is 0.134 e. The first-order valence-electron chi connectivity index (χ1n) is 5.46. The third-order valence-electron chi connectivity index (χ3n) is 3.04. The summed E-state index contributed by atoms with van der Waals surface area (Å²) in [5, 5.41) is 0. The molecular formula is C12H16FNS. The van der Waals surface area contributed by atoms with Crippen molar-refractivity contribution in [2.45, 2.75) is 19.3 Å². The van der Waals surface area contributed by atoms with E-state index in [4.69, 9.17) is 0 Å². The van der Waals surface area contributed by atoms with E-state index in [1.807, 2.05) is 10.4 Å². The maximum atomic E-state index is 12.3. The molecule has 1 saturated heterocycles. The molecule has 1 aliphatic rings. The quantitative estimate of drug-likeness (QED) is 0.725. The van der Waals surface area contributed by atoms with Crippen molar-refractivity contribution in [3.8, 4) is 0 Å². The van der Waals surface area contributed by atoms with Crippen molar-refractivity contribution in [3.63, 3.8) is 0 Å². The molecular weight excluding hydrogens is 209 g/mol. The average molecular weight is 225 g/mol. The van der Waals surface area contributed by atoms with Crippen LogP contribution >= 0.6 is 12.3 Å². The van der Waals surface area contributed by atoms with Crippen molar-refractivity contribution in [1.82, 2.24) is 4.31 Å². The van der Waals surface area contributed by atoms with Crippen molar-refractivity contribution < 1.29 is 3.89 Å². The fraction of sp³-hybridized carbons (Fsp3) is 0.500. The zero-order valence-electron chi connectivity index (χ0n) is 8.73. The molecule has 1 aliphatic heterocycles. The molecule has 82 valence electrons. The van der Waals surface area contributed by atoms with E-state index in [-0.39, 0.29) is 0 Å². The van der Waals surface area contributed by atoms with Gasteiger partial charge in [0.25, 0.3) is 0 Å². The van der Waals surface area contributed by atoms with Crippen LogP contribution in [0.3, 0.4) is 0 Å². The number of benzene rings is 1. The van der Waals surface area contributed by atoms with E-state index in [9.17, 15) is 3.89 Å². The molecule has 2 rings (SSSR count). The Morgan fingerprint density at radius 3 is 2.47 bits per heavy atom. The van der Waals surface area contributed by atoms with Crippen molar-refractivity contribution in [2.75, 3.05) is 13.1 Å². The van der Waals surface area contributed by atoms with Gasteiger partial charge in [0, 0.05) is 13.1 Å². The van der Waals surface area contributed by atoms with Gasteiger partial charge < -0.3 is 0 Å². The normalized spacial score (nSPS) is 19.3. The molecule has 0 saturated carbocycles. The average Bonchev–Trinajstić information content (AvgIpc) is 2.31. The molecule has 1 fully saturated rings. The third-order valence-corrected chi connectivity index (χ3v) is 3.60. The van der Waals surface area contributed by atoms with E-state index >= 15 is 0 Å². The minimum Gasteiger partial charge on any atom is -0.222 e. The van der Waals surface area contributed by atoms with Crippen LogP contribution in [0.4, 0.5) is 3.89 Å². The van der Waals surface area contributed by atoms with E-state index < -0.39 is 0 Å². The third kappa shape index (κ3) is 3.21. The van der Waals surface area contributed by atoms with Crippen molar-refractivity contribution in [1.29, 1.82) is 0 Å². The topological polar surface area (TPSA) is 3.24 Å². The number of rotatable bonds is 3. The van der Waals surface area contributed by atoms with Crippen molar-refractivity contribution >= 4 is 12.3 Å². The fourth-order valence-electron chi connectivity index (χ4n) is 2.13. The van der Waals surface area contributed by atoms with Gasteiger partial charge in [-0.25, -0.2) is 4.31 Å². The van der Waals surface area contributed by atoms with Gasteiger partial charge in [0.15, 0.2) is 0 Å². The second kappa shape index (κ2) is 5.52. The molecule has 0 spiro atoms. The Morgan fingerprint density at radius 1 is 1.20 bits per heavy atom. The summed E-state index contributed by atoms with van der Waals surface area (Å²) in [6.07, 6.45) is 3.38. The minimum absolute atomic E-state index is 0.387. The summed E-state index contributed by atoms with van der Waals surface area (Å²) in [4.78, 5) is 0. The van der Waals surface area contributed by atoms with Gasteiger partial charge in [-0.3, -0.25) is 0 Å². The molecule has 0 bridgehead atoms. The molecule has 1 aromatic carbocycles. The summed E-state index contributed by atoms with van der Waals surface area (Å²) in [6.45, 7) is 1.78. The Hall–Kier alpha value is -0.540. The predicted molar refractivity (Wildman–Crippen MR) is 63.1 cm³/mol. The van der Waals surface area contributed by atoms with Gasteiger partial charge in [0.2, 0.25) is 0 Å². The zero-order valence-corrected chi connectivity index (χ0v) is 9.55. The van der Waals surface area contributed by atoms with Gasteiger partial charge in [-0.1, -0.05) is 30.3 Å². The lowest BCUT2D eigenvalue weighted by molar-refractivity contribution is 0.286. The van der Waals surface area contributed by atoms with E-state index in [1.165, 1.54) is 5.56 Å². The summed E-state index contributed by atoms with van der Waals surface area (Å²) in [6, 6.07) is 10.6. The Kier molecular flexibility index (Phi) is 4.03. The van der Waals surface area contributed by atoms with E-state index in [1.54, 1.807) is 0 Å². The van der Waals surface area contributed by atoms with Gasteiger partial charge >= 0.3 is 0 Å². The number of piperidine rings is 1. The SMILES string of the molecule is FSN1CCC(Cc2ccccc2)CC1. The Labute approximate surface area is 95.1 Å². The van der Waals surface area contributed by atoms with E-state index in [2.05, 4.69) is 24.3 Å². The molecule has 1 nitrogen and oxygen atoms in total. The highest BCUT2D eigenvalue weighted by Gasteiger charge is 2.19. The molecule has 0 aromatic heterocycles. The monoisotopic (exact) mass is 225 g/mol. The molecule has 0 radical (unpaired) electrons. The second-order valence-electron chi connectivity index (χ2n) is 4.13. The zero-order chi connectivity index (χ0) is 10.5. The predicted octanol–water partition coefficient (Wildman–Crippen LogP) is 3.47. The van der Waals surface area contributed by atoms with Gasteiger partial charge in [-0.2, -0.15) is 0 Å². The molecule has 1 aromatic rings. The summed E-state index contributed by atoms with van der Waals surface area (Å²) in [5.41, 5.74) is 1.41. The van der Waals surface area contributed by atoms with Crippen LogP contribution in [0, 0.1) is 5.92 Å². The standard InChI is InChI=1S/C12H16FNS/c13-15-14-8-6-12(7-9-14)10-11-4-2-1-3-5-11/h1-5,12H,6-10H2. The maximum absolute atomic E-state index is 12.3.